The highest BCUT2D eigenvalue weighted by Gasteiger charge is 2.11. The Morgan fingerprint density at radius 3 is 2.59 bits per heavy atom. The van der Waals surface area contributed by atoms with Crippen LogP contribution < -0.4 is 5.32 Å². The van der Waals surface area contributed by atoms with Crippen LogP contribution in [0.5, 0.6) is 0 Å². The molecule has 0 aromatic carbocycles. The highest BCUT2D eigenvalue weighted by atomic mass is 16.4. The second-order valence-electron chi connectivity index (χ2n) is 3.82. The van der Waals surface area contributed by atoms with Crippen LogP contribution in [0.2, 0.25) is 0 Å². The molecule has 0 unspecified atom stereocenters. The van der Waals surface area contributed by atoms with E-state index < -0.39 is 5.97 Å². The molecule has 0 spiro atoms. The zero-order valence-corrected chi connectivity index (χ0v) is 10.0. The summed E-state index contributed by atoms with van der Waals surface area (Å²) < 4.78 is 1.46. The number of carboxylic acids is 1. The summed E-state index contributed by atoms with van der Waals surface area (Å²) in [6, 6.07) is 0.171. The number of imidazole rings is 1. The average Bonchev–Trinajstić information content (AvgIpc) is 2.74. The lowest BCUT2D eigenvalue weighted by atomic mass is 10.2. The fourth-order valence-corrected chi connectivity index (χ4v) is 1.49. The summed E-state index contributed by atoms with van der Waals surface area (Å²) in [6.45, 7) is 4.11. The molecule has 0 radical (unpaired) electrons. The maximum absolute atomic E-state index is 11.6. The number of carboxylic acid groups (broad SMARTS) is 1. The summed E-state index contributed by atoms with van der Waals surface area (Å²) in [5.74, 6) is -1.22. The number of hydrogen-bond acceptors (Lipinski definition) is 3. The van der Waals surface area contributed by atoms with E-state index in [1.165, 1.54) is 17.1 Å². The van der Waals surface area contributed by atoms with Gasteiger partial charge >= 0.3 is 5.97 Å². The summed E-state index contributed by atoms with van der Waals surface area (Å²) in [5.41, 5.74) is -0.0552. The molecular weight excluding hydrogens is 222 g/mol. The smallest absolute Gasteiger partial charge is 0.356 e. The molecule has 1 aromatic rings. The minimum Gasteiger partial charge on any atom is -0.476 e. The fourth-order valence-electron chi connectivity index (χ4n) is 1.49. The largest absolute Gasteiger partial charge is 0.476 e. The minimum atomic E-state index is -1.09. The first-order valence-corrected chi connectivity index (χ1v) is 5.61. The van der Waals surface area contributed by atoms with Crippen LogP contribution in [0, 0.1) is 0 Å². The van der Waals surface area contributed by atoms with Gasteiger partial charge in [-0.2, -0.15) is 0 Å². The summed E-state index contributed by atoms with van der Waals surface area (Å²) >= 11 is 0. The molecule has 0 fully saturated rings. The Balaban J connectivity index is 2.52. The molecule has 0 bridgehead atoms. The van der Waals surface area contributed by atoms with Crippen molar-refractivity contribution in [3.05, 3.63) is 18.2 Å². The third-order valence-corrected chi connectivity index (χ3v) is 2.53. The molecule has 0 aliphatic carbocycles. The van der Waals surface area contributed by atoms with Gasteiger partial charge in [-0.15, -0.1) is 0 Å². The van der Waals surface area contributed by atoms with E-state index in [1.807, 2.05) is 13.8 Å². The van der Waals surface area contributed by atoms with Crippen molar-refractivity contribution in [3.8, 4) is 0 Å². The lowest BCUT2D eigenvalue weighted by Crippen LogP contribution is -2.36. The number of amides is 1. The lowest BCUT2D eigenvalue weighted by Gasteiger charge is -2.14. The predicted molar refractivity (Wildman–Crippen MR) is 61.7 cm³/mol. The number of carbonyl (C=O) groups excluding carboxylic acids is 1. The SMILES string of the molecule is CCC(CC)NC(=O)Cn1cnc(C(=O)O)c1. The Morgan fingerprint density at radius 2 is 2.12 bits per heavy atom. The van der Waals surface area contributed by atoms with Crippen molar-refractivity contribution in [2.45, 2.75) is 39.3 Å². The van der Waals surface area contributed by atoms with Gasteiger partial charge in [0.1, 0.15) is 6.54 Å². The van der Waals surface area contributed by atoms with E-state index in [0.29, 0.717) is 0 Å². The topological polar surface area (TPSA) is 84.2 Å². The molecule has 6 nitrogen and oxygen atoms in total. The Morgan fingerprint density at radius 1 is 1.47 bits per heavy atom. The molecule has 1 rings (SSSR count). The molecular formula is C11H17N3O3. The monoisotopic (exact) mass is 239 g/mol. The average molecular weight is 239 g/mol. The van der Waals surface area contributed by atoms with Crippen molar-refractivity contribution in [2.24, 2.45) is 0 Å². The van der Waals surface area contributed by atoms with Gasteiger partial charge in [-0.25, -0.2) is 9.78 Å². The number of carbonyl (C=O) groups is 2. The van der Waals surface area contributed by atoms with Crippen LogP contribution in [-0.2, 0) is 11.3 Å². The van der Waals surface area contributed by atoms with E-state index in [9.17, 15) is 9.59 Å². The highest BCUT2D eigenvalue weighted by molar-refractivity contribution is 5.85. The quantitative estimate of drug-likeness (QED) is 0.772. The van der Waals surface area contributed by atoms with Gasteiger partial charge in [0.25, 0.3) is 0 Å². The number of nitrogens with one attached hydrogen (secondary N) is 1. The van der Waals surface area contributed by atoms with Gasteiger partial charge in [-0.05, 0) is 12.8 Å². The predicted octanol–water partition coefficient (Wildman–Crippen LogP) is 0.886. The van der Waals surface area contributed by atoms with Crippen LogP contribution in [0.4, 0.5) is 0 Å². The van der Waals surface area contributed by atoms with Crippen molar-refractivity contribution in [3.63, 3.8) is 0 Å². The van der Waals surface area contributed by atoms with E-state index in [4.69, 9.17) is 5.11 Å². The summed E-state index contributed by atoms with van der Waals surface area (Å²) in [6.07, 6.45) is 4.45. The van der Waals surface area contributed by atoms with Crippen molar-refractivity contribution >= 4 is 11.9 Å². The van der Waals surface area contributed by atoms with Crippen LogP contribution >= 0.6 is 0 Å². The van der Waals surface area contributed by atoms with Crippen molar-refractivity contribution in [2.75, 3.05) is 0 Å². The second kappa shape index (κ2) is 6.03. The number of hydrogen-bond donors (Lipinski definition) is 2. The van der Waals surface area contributed by atoms with Gasteiger partial charge in [-0.1, -0.05) is 13.8 Å². The van der Waals surface area contributed by atoms with E-state index in [-0.39, 0.29) is 24.2 Å². The second-order valence-corrected chi connectivity index (χ2v) is 3.82. The van der Waals surface area contributed by atoms with E-state index in [1.54, 1.807) is 0 Å². The maximum atomic E-state index is 11.6. The van der Waals surface area contributed by atoms with Crippen LogP contribution in [0.3, 0.4) is 0 Å². The molecule has 6 heteroatoms. The van der Waals surface area contributed by atoms with E-state index in [0.717, 1.165) is 12.8 Å². The number of aromatic carboxylic acids is 1. The summed E-state index contributed by atoms with van der Waals surface area (Å²) in [4.78, 5) is 25.9. The molecule has 0 saturated carbocycles. The van der Waals surface area contributed by atoms with Gasteiger partial charge in [-0.3, -0.25) is 4.79 Å². The first-order valence-electron chi connectivity index (χ1n) is 5.61. The highest BCUT2D eigenvalue weighted by Crippen LogP contribution is 1.98. The van der Waals surface area contributed by atoms with Crippen LogP contribution in [0.1, 0.15) is 37.2 Å². The Labute approximate surface area is 99.7 Å². The van der Waals surface area contributed by atoms with Gasteiger partial charge < -0.3 is 15.0 Å². The molecule has 1 amide bonds. The third-order valence-electron chi connectivity index (χ3n) is 2.53. The molecule has 1 heterocycles. The standard InChI is InChI=1S/C11H17N3O3/c1-3-8(4-2)13-10(15)6-14-5-9(11(16)17)12-7-14/h5,7-8H,3-4,6H2,1-2H3,(H,13,15)(H,16,17). The van der Waals surface area contributed by atoms with Crippen molar-refractivity contribution in [1.82, 2.24) is 14.9 Å². The van der Waals surface area contributed by atoms with Crippen molar-refractivity contribution < 1.29 is 14.7 Å². The van der Waals surface area contributed by atoms with Crippen LogP contribution in [-0.4, -0.2) is 32.6 Å². The molecule has 1 aromatic heterocycles. The number of nitrogens with zero attached hydrogens (tertiary/aromatic N) is 2. The molecule has 17 heavy (non-hydrogen) atoms. The first kappa shape index (κ1) is 13.2. The third kappa shape index (κ3) is 3.90. The van der Waals surface area contributed by atoms with E-state index >= 15 is 0 Å². The van der Waals surface area contributed by atoms with Gasteiger partial charge in [0.15, 0.2) is 5.69 Å². The number of aromatic nitrogens is 2. The summed E-state index contributed by atoms with van der Waals surface area (Å²) in [5, 5.41) is 11.5. The van der Waals surface area contributed by atoms with Gasteiger partial charge in [0.2, 0.25) is 5.91 Å². The molecule has 0 atom stereocenters. The minimum absolute atomic E-state index is 0.0552. The van der Waals surface area contributed by atoms with E-state index in [2.05, 4.69) is 10.3 Å². The normalized spacial score (nSPS) is 10.5. The molecule has 0 saturated heterocycles. The zero-order chi connectivity index (χ0) is 12.8. The zero-order valence-electron chi connectivity index (χ0n) is 10.0. The Bertz CT molecular complexity index is 396. The van der Waals surface area contributed by atoms with Crippen LogP contribution in [0.15, 0.2) is 12.5 Å². The molecule has 2 N–H and O–H groups in total. The van der Waals surface area contributed by atoms with Crippen molar-refractivity contribution in [1.29, 1.82) is 0 Å². The number of rotatable bonds is 6. The molecule has 0 aliphatic heterocycles. The molecule has 94 valence electrons. The first-order chi connectivity index (χ1) is 8.06. The molecule has 0 aliphatic rings. The summed E-state index contributed by atoms with van der Waals surface area (Å²) in [7, 11) is 0. The Kier molecular flexibility index (Phi) is 4.68. The fraction of sp³-hybridized carbons (Fsp3) is 0.545. The van der Waals surface area contributed by atoms with Crippen LogP contribution in [0.25, 0.3) is 0 Å². The van der Waals surface area contributed by atoms with Gasteiger partial charge in [0.05, 0.1) is 6.33 Å². The Hall–Kier alpha value is -1.85. The lowest BCUT2D eigenvalue weighted by molar-refractivity contribution is -0.122. The van der Waals surface area contributed by atoms with Gasteiger partial charge in [0, 0.05) is 12.2 Å². The maximum Gasteiger partial charge on any atom is 0.356 e.